The number of nitrogens with zero attached hydrogens (tertiary/aromatic N) is 1. The fraction of sp³-hybridized carbons (Fsp3) is 0.346. The molecule has 0 radical (unpaired) electrons. The normalized spacial score (nSPS) is 19.2. The molecular formula is C26H24F3NO5. The Balaban J connectivity index is 1.67. The number of fused-ring (bicyclic) bond motifs is 1. The molecule has 0 saturated heterocycles. The molecule has 3 atom stereocenters. The molecule has 1 aliphatic carbocycles. The number of rotatable bonds is 8. The molecule has 2 aromatic carbocycles. The SMILES string of the molecule is CCC(C)(C(=O)O)C1CC1C(=O)c1cc(O)c2ccccc2c1OCc1ccc(C(F)(F)F)cn1. The lowest BCUT2D eigenvalue weighted by Gasteiger charge is -2.23. The van der Waals surface area contributed by atoms with Crippen LogP contribution in [0.4, 0.5) is 13.2 Å². The predicted molar refractivity (Wildman–Crippen MR) is 121 cm³/mol. The van der Waals surface area contributed by atoms with Crippen LogP contribution in [-0.4, -0.2) is 26.9 Å². The maximum absolute atomic E-state index is 13.5. The number of carboxylic acid groups (broad SMARTS) is 1. The quantitative estimate of drug-likeness (QED) is 0.387. The first-order valence-electron chi connectivity index (χ1n) is 11.1. The smallest absolute Gasteiger partial charge is 0.417 e. The highest BCUT2D eigenvalue weighted by Gasteiger charge is 2.56. The summed E-state index contributed by atoms with van der Waals surface area (Å²) < 4.78 is 44.4. The van der Waals surface area contributed by atoms with Crippen LogP contribution in [-0.2, 0) is 17.6 Å². The van der Waals surface area contributed by atoms with Gasteiger partial charge in [0.2, 0.25) is 0 Å². The molecule has 9 heteroatoms. The molecule has 4 rings (SSSR count). The number of phenols is 1. The molecule has 1 heterocycles. The number of alkyl halides is 3. The van der Waals surface area contributed by atoms with Gasteiger partial charge >= 0.3 is 12.1 Å². The van der Waals surface area contributed by atoms with Crippen molar-refractivity contribution in [3.05, 3.63) is 65.5 Å². The van der Waals surface area contributed by atoms with Gasteiger partial charge in [-0.15, -0.1) is 0 Å². The zero-order valence-corrected chi connectivity index (χ0v) is 19.1. The summed E-state index contributed by atoms with van der Waals surface area (Å²) in [4.78, 5) is 29.1. The van der Waals surface area contributed by atoms with Crippen molar-refractivity contribution < 1.29 is 37.7 Å². The maximum Gasteiger partial charge on any atom is 0.417 e. The van der Waals surface area contributed by atoms with Gasteiger partial charge in [0.15, 0.2) is 5.78 Å². The van der Waals surface area contributed by atoms with Gasteiger partial charge in [0, 0.05) is 22.9 Å². The number of carbonyl (C=O) groups excluding carboxylic acids is 1. The first-order chi connectivity index (χ1) is 16.5. The second-order valence-corrected chi connectivity index (χ2v) is 9.03. The van der Waals surface area contributed by atoms with Crippen LogP contribution in [0.2, 0.25) is 0 Å². The zero-order chi connectivity index (χ0) is 25.5. The predicted octanol–water partition coefficient (Wildman–Crippen LogP) is 5.86. The number of halogens is 3. The molecule has 1 fully saturated rings. The van der Waals surface area contributed by atoms with Crippen LogP contribution in [0.15, 0.2) is 48.7 Å². The minimum Gasteiger partial charge on any atom is -0.507 e. The molecule has 1 aliphatic rings. The number of pyridine rings is 1. The molecule has 0 spiro atoms. The zero-order valence-electron chi connectivity index (χ0n) is 19.1. The van der Waals surface area contributed by atoms with Crippen LogP contribution in [0.5, 0.6) is 11.5 Å². The number of benzene rings is 2. The van der Waals surface area contributed by atoms with Crippen molar-refractivity contribution in [1.82, 2.24) is 4.98 Å². The summed E-state index contributed by atoms with van der Waals surface area (Å²) in [6.07, 6.45) is -3.03. The Kier molecular flexibility index (Phi) is 6.21. The third-order valence-electron chi connectivity index (χ3n) is 6.92. The van der Waals surface area contributed by atoms with E-state index in [1.165, 1.54) is 12.1 Å². The lowest BCUT2D eigenvalue weighted by Crippen LogP contribution is -2.30. The number of ketones is 1. The summed E-state index contributed by atoms with van der Waals surface area (Å²) in [6, 6.07) is 10.1. The summed E-state index contributed by atoms with van der Waals surface area (Å²) in [5, 5.41) is 21.1. The van der Waals surface area contributed by atoms with E-state index in [1.807, 2.05) is 0 Å². The Hall–Kier alpha value is -3.62. The molecular weight excluding hydrogens is 463 g/mol. The van der Waals surface area contributed by atoms with E-state index < -0.39 is 29.0 Å². The molecule has 0 amide bonds. The van der Waals surface area contributed by atoms with Gasteiger partial charge < -0.3 is 14.9 Å². The molecule has 184 valence electrons. The Bertz CT molecular complexity index is 1290. The van der Waals surface area contributed by atoms with Crippen LogP contribution in [0.25, 0.3) is 10.8 Å². The number of carbonyl (C=O) groups is 2. The number of ether oxygens (including phenoxy) is 1. The monoisotopic (exact) mass is 487 g/mol. The largest absolute Gasteiger partial charge is 0.507 e. The average molecular weight is 487 g/mol. The van der Waals surface area contributed by atoms with E-state index >= 15 is 0 Å². The molecule has 0 aliphatic heterocycles. The van der Waals surface area contributed by atoms with Gasteiger partial charge in [-0.05, 0) is 43.9 Å². The number of aromatic nitrogens is 1. The third-order valence-corrected chi connectivity index (χ3v) is 6.92. The number of aliphatic carboxylic acids is 1. The summed E-state index contributed by atoms with van der Waals surface area (Å²) in [6.45, 7) is 3.18. The Morgan fingerprint density at radius 1 is 1.14 bits per heavy atom. The van der Waals surface area contributed by atoms with Crippen LogP contribution in [0.1, 0.15) is 48.3 Å². The summed E-state index contributed by atoms with van der Waals surface area (Å²) in [7, 11) is 0. The van der Waals surface area contributed by atoms with Gasteiger partial charge in [0.1, 0.15) is 18.1 Å². The topological polar surface area (TPSA) is 96.7 Å². The van der Waals surface area contributed by atoms with Crippen molar-refractivity contribution in [2.24, 2.45) is 17.3 Å². The maximum atomic E-state index is 13.5. The van der Waals surface area contributed by atoms with Gasteiger partial charge in [-0.2, -0.15) is 13.2 Å². The number of hydrogen-bond acceptors (Lipinski definition) is 5. The molecule has 3 aromatic rings. The van der Waals surface area contributed by atoms with Gasteiger partial charge in [-0.25, -0.2) is 0 Å². The van der Waals surface area contributed by atoms with E-state index in [-0.39, 0.29) is 41.1 Å². The molecule has 3 unspecified atom stereocenters. The highest BCUT2D eigenvalue weighted by molar-refractivity contribution is 6.09. The molecule has 6 nitrogen and oxygen atoms in total. The van der Waals surface area contributed by atoms with Crippen LogP contribution in [0.3, 0.4) is 0 Å². The van der Waals surface area contributed by atoms with E-state index in [9.17, 15) is 33.0 Å². The van der Waals surface area contributed by atoms with Crippen molar-refractivity contribution in [3.63, 3.8) is 0 Å². The van der Waals surface area contributed by atoms with Crippen molar-refractivity contribution in [2.45, 2.75) is 39.5 Å². The second kappa shape index (κ2) is 8.87. The lowest BCUT2D eigenvalue weighted by atomic mass is 9.80. The number of aromatic hydroxyl groups is 1. The van der Waals surface area contributed by atoms with Crippen molar-refractivity contribution in [1.29, 1.82) is 0 Å². The van der Waals surface area contributed by atoms with E-state index in [0.717, 1.165) is 6.07 Å². The van der Waals surface area contributed by atoms with Crippen molar-refractivity contribution >= 4 is 22.5 Å². The first-order valence-corrected chi connectivity index (χ1v) is 11.1. The van der Waals surface area contributed by atoms with E-state index in [1.54, 1.807) is 38.1 Å². The minimum atomic E-state index is -4.51. The molecule has 35 heavy (non-hydrogen) atoms. The lowest BCUT2D eigenvalue weighted by molar-refractivity contribution is -0.149. The van der Waals surface area contributed by atoms with Crippen LogP contribution < -0.4 is 4.74 Å². The molecule has 1 saturated carbocycles. The average Bonchev–Trinajstić information content (AvgIpc) is 3.63. The van der Waals surface area contributed by atoms with Gasteiger partial charge in [-0.1, -0.05) is 31.2 Å². The highest BCUT2D eigenvalue weighted by Crippen LogP contribution is 2.55. The number of carboxylic acids is 1. The Labute approximate surface area is 199 Å². The summed E-state index contributed by atoms with van der Waals surface area (Å²) in [5.41, 5.74) is -1.61. The first kappa shape index (κ1) is 24.5. The highest BCUT2D eigenvalue weighted by atomic mass is 19.4. The number of hydrogen-bond donors (Lipinski definition) is 2. The van der Waals surface area contributed by atoms with E-state index in [2.05, 4.69) is 4.98 Å². The van der Waals surface area contributed by atoms with E-state index in [4.69, 9.17) is 4.74 Å². The Morgan fingerprint density at radius 3 is 2.40 bits per heavy atom. The minimum absolute atomic E-state index is 0.101. The van der Waals surface area contributed by atoms with Gasteiger partial charge in [0.25, 0.3) is 0 Å². The molecule has 1 aromatic heterocycles. The third kappa shape index (κ3) is 4.54. The fourth-order valence-corrected chi connectivity index (χ4v) is 4.45. The van der Waals surface area contributed by atoms with Crippen molar-refractivity contribution in [3.8, 4) is 11.5 Å². The molecule has 2 N–H and O–H groups in total. The fourth-order valence-electron chi connectivity index (χ4n) is 4.45. The number of Topliss-reactive ketones (excluding diaryl/α,β-unsaturated/α-hetero) is 1. The van der Waals surface area contributed by atoms with Crippen LogP contribution >= 0.6 is 0 Å². The van der Waals surface area contributed by atoms with Gasteiger partial charge in [-0.3, -0.25) is 14.6 Å². The summed E-state index contributed by atoms with van der Waals surface area (Å²) >= 11 is 0. The summed E-state index contributed by atoms with van der Waals surface area (Å²) in [5.74, 6) is -2.15. The second-order valence-electron chi connectivity index (χ2n) is 9.03. The van der Waals surface area contributed by atoms with Crippen LogP contribution in [0, 0.1) is 17.3 Å². The van der Waals surface area contributed by atoms with Crippen molar-refractivity contribution in [2.75, 3.05) is 0 Å². The Morgan fingerprint density at radius 2 is 1.83 bits per heavy atom. The van der Waals surface area contributed by atoms with Gasteiger partial charge in [0.05, 0.1) is 22.2 Å². The van der Waals surface area contributed by atoms with E-state index in [0.29, 0.717) is 29.8 Å². The standard InChI is InChI=1S/C26H24F3NO5/c1-3-25(2,24(33)34)20-10-18(20)22(32)19-11-21(31)16-6-4-5-7-17(16)23(19)35-13-15-9-8-14(12-30-15)26(27,28)29/h4-9,11-12,18,20,31H,3,10,13H2,1-2H3,(H,33,34). The molecule has 0 bridgehead atoms. The number of phenolic OH excluding ortho intramolecular Hbond substituents is 1.